The van der Waals surface area contributed by atoms with E-state index in [4.69, 9.17) is 15.7 Å². The predicted octanol–water partition coefficient (Wildman–Crippen LogP) is 2.29. The van der Waals surface area contributed by atoms with Crippen molar-refractivity contribution in [3.63, 3.8) is 0 Å². The first-order valence-corrected chi connectivity index (χ1v) is 9.60. The van der Waals surface area contributed by atoms with Crippen LogP contribution in [-0.4, -0.2) is 59.6 Å². The Bertz CT molecular complexity index is 726. The normalized spacial score (nSPS) is 16.9. The smallest absolute Gasteiger partial charge is 0.417 e. The fourth-order valence-corrected chi connectivity index (χ4v) is 3.22. The first-order valence-electron chi connectivity index (χ1n) is 9.60. The Hall–Kier alpha value is -2.43. The molecule has 7 heteroatoms. The standard InChI is InChI=1S/C21H30N4O3/c1-21(2,3)28-20(27)25(17-9-11-24(4)12-10-17)19(26)18(23)13-15-5-7-16(14-22)8-6-15/h5-8,17-18H,9-13,23H2,1-4H3. The van der Waals surface area contributed by atoms with Crippen LogP contribution in [-0.2, 0) is 16.0 Å². The van der Waals surface area contributed by atoms with Crippen LogP contribution in [0.3, 0.4) is 0 Å². The molecule has 0 radical (unpaired) electrons. The molecule has 1 saturated heterocycles. The van der Waals surface area contributed by atoms with Gasteiger partial charge >= 0.3 is 6.09 Å². The van der Waals surface area contributed by atoms with Crippen LogP contribution in [0.5, 0.6) is 0 Å². The number of carbonyl (C=O) groups excluding carboxylic acids is 2. The van der Waals surface area contributed by atoms with E-state index in [0.29, 0.717) is 18.4 Å². The van der Waals surface area contributed by atoms with E-state index in [9.17, 15) is 9.59 Å². The predicted molar refractivity (Wildman–Crippen MR) is 106 cm³/mol. The fraction of sp³-hybridized carbons (Fsp3) is 0.571. The molecule has 1 unspecified atom stereocenters. The molecule has 1 atom stereocenters. The van der Waals surface area contributed by atoms with Crippen molar-refractivity contribution in [3.05, 3.63) is 35.4 Å². The molecule has 2 N–H and O–H groups in total. The highest BCUT2D eigenvalue weighted by molar-refractivity contribution is 5.95. The molecule has 2 rings (SSSR count). The van der Waals surface area contributed by atoms with Gasteiger partial charge in [-0.25, -0.2) is 9.69 Å². The van der Waals surface area contributed by atoms with Gasteiger partial charge in [0.25, 0.3) is 0 Å². The summed E-state index contributed by atoms with van der Waals surface area (Å²) in [6.07, 6.45) is 1.05. The number of nitrogens with zero attached hydrogens (tertiary/aromatic N) is 3. The van der Waals surface area contributed by atoms with E-state index in [2.05, 4.69) is 11.0 Å². The number of benzene rings is 1. The second-order valence-corrected chi connectivity index (χ2v) is 8.34. The number of rotatable bonds is 4. The molecule has 7 nitrogen and oxygen atoms in total. The Balaban J connectivity index is 2.16. The largest absolute Gasteiger partial charge is 0.443 e. The SMILES string of the molecule is CN1CCC(N(C(=O)OC(C)(C)C)C(=O)C(N)Cc2ccc(C#N)cc2)CC1. The summed E-state index contributed by atoms with van der Waals surface area (Å²) in [7, 11) is 2.02. The van der Waals surface area contributed by atoms with E-state index in [0.717, 1.165) is 18.7 Å². The number of imide groups is 1. The number of amides is 2. The zero-order valence-electron chi connectivity index (χ0n) is 17.1. The van der Waals surface area contributed by atoms with Crippen LogP contribution in [0.1, 0.15) is 44.7 Å². The van der Waals surface area contributed by atoms with Crippen molar-refractivity contribution in [2.45, 2.75) is 57.7 Å². The van der Waals surface area contributed by atoms with Crippen LogP contribution in [0.25, 0.3) is 0 Å². The lowest BCUT2D eigenvalue weighted by Gasteiger charge is -2.37. The molecular weight excluding hydrogens is 356 g/mol. The molecule has 0 bridgehead atoms. The van der Waals surface area contributed by atoms with Crippen molar-refractivity contribution in [2.75, 3.05) is 20.1 Å². The van der Waals surface area contributed by atoms with Gasteiger partial charge in [0, 0.05) is 6.04 Å². The maximum absolute atomic E-state index is 13.1. The van der Waals surface area contributed by atoms with Crippen molar-refractivity contribution < 1.29 is 14.3 Å². The minimum atomic E-state index is -0.861. The molecule has 1 aliphatic heterocycles. The summed E-state index contributed by atoms with van der Waals surface area (Å²) in [6.45, 7) is 6.95. The molecule has 0 saturated carbocycles. The molecule has 1 aromatic rings. The average Bonchev–Trinajstić information content (AvgIpc) is 2.62. The van der Waals surface area contributed by atoms with Gasteiger partial charge < -0.3 is 15.4 Å². The van der Waals surface area contributed by atoms with Crippen molar-refractivity contribution in [1.82, 2.24) is 9.80 Å². The topological polar surface area (TPSA) is 99.7 Å². The van der Waals surface area contributed by atoms with Crippen LogP contribution in [0.15, 0.2) is 24.3 Å². The van der Waals surface area contributed by atoms with E-state index in [1.54, 1.807) is 45.0 Å². The van der Waals surface area contributed by atoms with Crippen LogP contribution < -0.4 is 5.73 Å². The van der Waals surface area contributed by atoms with Crippen LogP contribution >= 0.6 is 0 Å². The molecule has 1 aliphatic rings. The number of carbonyl (C=O) groups is 2. The molecule has 1 heterocycles. The summed E-state index contributed by atoms with van der Waals surface area (Å²) in [5, 5.41) is 8.90. The van der Waals surface area contributed by atoms with E-state index >= 15 is 0 Å². The van der Waals surface area contributed by atoms with Crippen LogP contribution in [0, 0.1) is 11.3 Å². The number of ether oxygens (including phenoxy) is 1. The highest BCUT2D eigenvalue weighted by atomic mass is 16.6. The second-order valence-electron chi connectivity index (χ2n) is 8.34. The Morgan fingerprint density at radius 1 is 1.29 bits per heavy atom. The summed E-state index contributed by atoms with van der Waals surface area (Å²) >= 11 is 0. The molecule has 1 aromatic carbocycles. The lowest BCUT2D eigenvalue weighted by molar-refractivity contribution is -0.134. The summed E-state index contributed by atoms with van der Waals surface area (Å²) in [5.74, 6) is -0.423. The molecule has 28 heavy (non-hydrogen) atoms. The number of piperidine rings is 1. The van der Waals surface area contributed by atoms with Gasteiger partial charge in [-0.05, 0) is 77.9 Å². The number of nitrogens with two attached hydrogens (primary N) is 1. The minimum absolute atomic E-state index is 0.217. The summed E-state index contributed by atoms with van der Waals surface area (Å²) in [5.41, 5.74) is 6.87. The first kappa shape index (κ1) is 21.9. The third-order valence-electron chi connectivity index (χ3n) is 4.74. The number of hydrogen-bond acceptors (Lipinski definition) is 6. The minimum Gasteiger partial charge on any atom is -0.443 e. The van der Waals surface area contributed by atoms with E-state index < -0.39 is 23.6 Å². The zero-order valence-corrected chi connectivity index (χ0v) is 17.1. The van der Waals surface area contributed by atoms with Gasteiger partial charge in [0.2, 0.25) is 5.91 Å². The van der Waals surface area contributed by atoms with E-state index in [1.807, 2.05) is 7.05 Å². The van der Waals surface area contributed by atoms with Gasteiger partial charge in [0.1, 0.15) is 5.60 Å². The van der Waals surface area contributed by atoms with Gasteiger partial charge in [-0.15, -0.1) is 0 Å². The quantitative estimate of drug-likeness (QED) is 0.852. The lowest BCUT2D eigenvalue weighted by Crippen LogP contribution is -2.55. The molecule has 0 spiro atoms. The number of hydrogen-bond donors (Lipinski definition) is 1. The van der Waals surface area contributed by atoms with Crippen molar-refractivity contribution in [2.24, 2.45) is 5.73 Å². The first-order chi connectivity index (χ1) is 13.1. The number of nitriles is 1. The van der Waals surface area contributed by atoms with Gasteiger partial charge in [0.15, 0.2) is 0 Å². The van der Waals surface area contributed by atoms with Gasteiger partial charge in [-0.3, -0.25) is 4.79 Å². The fourth-order valence-electron chi connectivity index (χ4n) is 3.22. The molecule has 0 aromatic heterocycles. The number of likely N-dealkylation sites (tertiary alicyclic amines) is 1. The summed E-state index contributed by atoms with van der Waals surface area (Å²) < 4.78 is 5.49. The highest BCUT2D eigenvalue weighted by Crippen LogP contribution is 2.21. The van der Waals surface area contributed by atoms with Crippen molar-refractivity contribution in [1.29, 1.82) is 5.26 Å². The van der Waals surface area contributed by atoms with Crippen molar-refractivity contribution >= 4 is 12.0 Å². The van der Waals surface area contributed by atoms with Gasteiger partial charge in [-0.1, -0.05) is 12.1 Å². The summed E-state index contributed by atoms with van der Waals surface area (Å²) in [6, 6.07) is 7.91. The third-order valence-corrected chi connectivity index (χ3v) is 4.74. The maximum Gasteiger partial charge on any atom is 0.417 e. The second kappa shape index (κ2) is 9.18. The summed E-state index contributed by atoms with van der Waals surface area (Å²) in [4.78, 5) is 29.3. The lowest BCUT2D eigenvalue weighted by atomic mass is 10.0. The Kier molecular flexibility index (Phi) is 7.17. The molecule has 1 fully saturated rings. The monoisotopic (exact) mass is 386 g/mol. The van der Waals surface area contributed by atoms with Crippen LogP contribution in [0.4, 0.5) is 4.79 Å². The Morgan fingerprint density at radius 3 is 2.36 bits per heavy atom. The average molecular weight is 386 g/mol. The molecule has 0 aliphatic carbocycles. The van der Waals surface area contributed by atoms with E-state index in [-0.39, 0.29) is 12.5 Å². The zero-order chi connectivity index (χ0) is 20.9. The Morgan fingerprint density at radius 2 is 1.86 bits per heavy atom. The Labute approximate surface area is 167 Å². The molecule has 2 amide bonds. The third kappa shape index (κ3) is 6.04. The molecular formula is C21H30N4O3. The van der Waals surface area contributed by atoms with Gasteiger partial charge in [0.05, 0.1) is 17.7 Å². The highest BCUT2D eigenvalue weighted by Gasteiger charge is 2.37. The van der Waals surface area contributed by atoms with Crippen molar-refractivity contribution in [3.8, 4) is 6.07 Å². The van der Waals surface area contributed by atoms with Gasteiger partial charge in [-0.2, -0.15) is 5.26 Å². The maximum atomic E-state index is 13.1. The van der Waals surface area contributed by atoms with E-state index in [1.165, 1.54) is 4.90 Å². The van der Waals surface area contributed by atoms with Crippen LogP contribution in [0.2, 0.25) is 0 Å². The molecule has 152 valence electrons.